The minimum Gasteiger partial charge on any atom is -0.474 e. The molecule has 8 heavy (non-hydrogen) atoms. The lowest BCUT2D eigenvalue weighted by atomic mass is 11.0. The van der Waals surface area contributed by atoms with Gasteiger partial charge in [-0.15, -0.1) is 0 Å². The molecule has 0 aromatic heterocycles. The van der Waals surface area contributed by atoms with Crippen molar-refractivity contribution >= 4 is 0 Å². The molecule has 0 saturated carbocycles. The van der Waals surface area contributed by atoms with Crippen LogP contribution in [0.15, 0.2) is 25.7 Å². The van der Waals surface area contributed by atoms with Gasteiger partial charge >= 0.3 is 0 Å². The van der Waals surface area contributed by atoms with Gasteiger partial charge in [0.25, 0.3) is 0 Å². The number of hydrogen-bond donors (Lipinski definition) is 0. The van der Waals surface area contributed by atoms with E-state index < -0.39 is 0 Å². The van der Waals surface area contributed by atoms with Gasteiger partial charge in [0.05, 0.1) is 25.7 Å². The van der Waals surface area contributed by atoms with Crippen LogP contribution in [0.1, 0.15) is 0 Å². The van der Waals surface area contributed by atoms with Crippen molar-refractivity contribution in [3.63, 3.8) is 0 Å². The minimum absolute atomic E-state index is 1.00. The molecule has 0 aliphatic carbocycles. The van der Waals surface area contributed by atoms with Crippen LogP contribution in [-0.2, 0) is 9.47 Å². The fraction of sp³-hybridized carbons (Fsp3) is 0.333. The van der Waals surface area contributed by atoms with E-state index in [1.807, 2.05) is 0 Å². The Balaban J connectivity index is 0.000000135. The van der Waals surface area contributed by atoms with Gasteiger partial charge in [0.15, 0.2) is 0 Å². The summed E-state index contributed by atoms with van der Waals surface area (Å²) in [6, 6.07) is 0. The summed E-state index contributed by atoms with van der Waals surface area (Å²) in [4.78, 5) is 0. The van der Waals surface area contributed by atoms with Crippen LogP contribution in [-0.4, -0.2) is 13.2 Å². The monoisotopic (exact) mass is 114 g/mol. The third kappa shape index (κ3) is 18.8. The summed E-state index contributed by atoms with van der Waals surface area (Å²) < 4.78 is 8.86. The molecule has 1 aliphatic rings. The molecule has 1 saturated heterocycles. The van der Waals surface area contributed by atoms with Crippen molar-refractivity contribution in [2.45, 2.75) is 0 Å². The molecule has 1 rings (SSSR count). The smallest absolute Gasteiger partial charge is 0.0829 e. The Morgan fingerprint density at radius 3 is 1.62 bits per heavy atom. The molecule has 46 valence electrons. The Labute approximate surface area is 49.4 Å². The maximum Gasteiger partial charge on any atom is 0.0829 e. The van der Waals surface area contributed by atoms with Crippen LogP contribution < -0.4 is 0 Å². The van der Waals surface area contributed by atoms with E-state index in [1.165, 1.54) is 12.5 Å². The van der Waals surface area contributed by atoms with Crippen molar-refractivity contribution in [1.82, 2.24) is 0 Å². The molecule has 1 fully saturated rings. The zero-order valence-corrected chi connectivity index (χ0v) is 4.80. The second kappa shape index (κ2) is 6.24. The maximum absolute atomic E-state index is 4.50. The summed E-state index contributed by atoms with van der Waals surface area (Å²) in [6.45, 7) is 8.51. The lowest BCUT2D eigenvalue weighted by Gasteiger charge is -1.76. The Morgan fingerprint density at radius 1 is 1.25 bits per heavy atom. The molecule has 2 heteroatoms. The van der Waals surface area contributed by atoms with E-state index >= 15 is 0 Å². The summed E-state index contributed by atoms with van der Waals surface area (Å²) in [5.41, 5.74) is 0. The van der Waals surface area contributed by atoms with Crippen LogP contribution in [0.5, 0.6) is 0 Å². The largest absolute Gasteiger partial charge is 0.474 e. The zero-order valence-electron chi connectivity index (χ0n) is 4.80. The van der Waals surface area contributed by atoms with Crippen molar-refractivity contribution in [1.29, 1.82) is 0 Å². The summed E-state index contributed by atoms with van der Waals surface area (Å²) in [5, 5.41) is 0. The van der Waals surface area contributed by atoms with Gasteiger partial charge in [-0.1, -0.05) is 13.2 Å². The highest BCUT2D eigenvalue weighted by molar-refractivity contribution is 4.57. The van der Waals surface area contributed by atoms with Gasteiger partial charge in [0, 0.05) is 0 Å². The van der Waals surface area contributed by atoms with Gasteiger partial charge < -0.3 is 9.47 Å². The standard InChI is InChI=1S/C4H6O.C2H4O/c1-3-5-4-2;1-2-3-1/h3-4H,1-2H2;1-2H2. The lowest BCUT2D eigenvalue weighted by molar-refractivity contribution is 0.406. The van der Waals surface area contributed by atoms with Gasteiger partial charge in [-0.25, -0.2) is 0 Å². The van der Waals surface area contributed by atoms with E-state index in [2.05, 4.69) is 22.6 Å². The normalized spacial score (nSPS) is 12.5. The predicted octanol–water partition coefficient (Wildman–Crippen LogP) is 1.31. The molecule has 0 aromatic carbocycles. The highest BCUT2D eigenvalue weighted by atomic mass is 16.6. The molecule has 0 amide bonds. The molecule has 2 nitrogen and oxygen atoms in total. The number of epoxide rings is 1. The average Bonchev–Trinajstić information content (AvgIpc) is 2.50. The first-order chi connectivity index (χ1) is 3.91. The van der Waals surface area contributed by atoms with Crippen LogP contribution >= 0.6 is 0 Å². The van der Waals surface area contributed by atoms with E-state index in [0.717, 1.165) is 13.2 Å². The first-order valence-electron chi connectivity index (χ1n) is 2.37. The van der Waals surface area contributed by atoms with Gasteiger partial charge in [-0.2, -0.15) is 0 Å². The maximum atomic E-state index is 4.50. The molecule has 0 aromatic rings. The fourth-order valence-corrected chi connectivity index (χ4v) is 0.0680. The van der Waals surface area contributed by atoms with Gasteiger partial charge in [0.1, 0.15) is 0 Å². The third-order valence-corrected chi connectivity index (χ3v) is 0.397. The van der Waals surface area contributed by atoms with Crippen LogP contribution in [0.3, 0.4) is 0 Å². The molecule has 0 unspecified atom stereocenters. The Morgan fingerprint density at radius 2 is 1.62 bits per heavy atom. The molecule has 1 aliphatic heterocycles. The Kier molecular flexibility index (Phi) is 5.65. The topological polar surface area (TPSA) is 21.8 Å². The third-order valence-electron chi connectivity index (χ3n) is 0.397. The summed E-state index contributed by atoms with van der Waals surface area (Å²) >= 11 is 0. The first-order valence-corrected chi connectivity index (χ1v) is 2.37. The summed E-state index contributed by atoms with van der Waals surface area (Å²) in [5.74, 6) is 0. The molecule has 0 bridgehead atoms. The van der Waals surface area contributed by atoms with Crippen molar-refractivity contribution < 1.29 is 9.47 Å². The van der Waals surface area contributed by atoms with E-state index in [0.29, 0.717) is 0 Å². The van der Waals surface area contributed by atoms with Gasteiger partial charge in [0.2, 0.25) is 0 Å². The van der Waals surface area contributed by atoms with Crippen LogP contribution in [0, 0.1) is 0 Å². The van der Waals surface area contributed by atoms with E-state index in [1.54, 1.807) is 0 Å². The molecular weight excluding hydrogens is 104 g/mol. The summed E-state index contributed by atoms with van der Waals surface area (Å²) in [7, 11) is 0. The first kappa shape index (κ1) is 7.24. The minimum atomic E-state index is 1.00. The average molecular weight is 114 g/mol. The van der Waals surface area contributed by atoms with E-state index in [9.17, 15) is 0 Å². The molecular formula is C6H10O2. The van der Waals surface area contributed by atoms with Crippen LogP contribution in [0.4, 0.5) is 0 Å². The second-order valence-corrected chi connectivity index (χ2v) is 1.08. The highest BCUT2D eigenvalue weighted by Gasteiger charge is 1.94. The van der Waals surface area contributed by atoms with Crippen molar-refractivity contribution in [2.24, 2.45) is 0 Å². The van der Waals surface area contributed by atoms with Crippen molar-refractivity contribution in [2.75, 3.05) is 13.2 Å². The van der Waals surface area contributed by atoms with E-state index in [-0.39, 0.29) is 0 Å². The summed E-state index contributed by atoms with van der Waals surface area (Å²) in [6.07, 6.45) is 2.62. The number of hydrogen-bond acceptors (Lipinski definition) is 2. The molecule has 0 radical (unpaired) electrons. The lowest BCUT2D eigenvalue weighted by Crippen LogP contribution is -1.52. The molecule has 1 heterocycles. The Hall–Kier alpha value is -0.760. The van der Waals surface area contributed by atoms with Gasteiger partial charge in [-0.05, 0) is 0 Å². The second-order valence-electron chi connectivity index (χ2n) is 1.08. The number of rotatable bonds is 2. The Bertz CT molecular complexity index is 58.2. The van der Waals surface area contributed by atoms with Crippen molar-refractivity contribution in [3.05, 3.63) is 25.7 Å². The van der Waals surface area contributed by atoms with Crippen molar-refractivity contribution in [3.8, 4) is 0 Å². The highest BCUT2D eigenvalue weighted by Crippen LogP contribution is 1.84. The zero-order chi connectivity index (χ0) is 6.24. The SMILES string of the molecule is C1CO1.C=COC=C. The fourth-order valence-electron chi connectivity index (χ4n) is 0.0680. The molecule has 0 N–H and O–H groups in total. The molecule has 0 atom stereocenters. The molecule has 0 spiro atoms. The number of ether oxygens (including phenoxy) is 2. The van der Waals surface area contributed by atoms with Crippen LogP contribution in [0.25, 0.3) is 0 Å². The van der Waals surface area contributed by atoms with E-state index in [4.69, 9.17) is 0 Å². The quantitative estimate of drug-likeness (QED) is 0.398. The van der Waals surface area contributed by atoms with Crippen LogP contribution in [0.2, 0.25) is 0 Å². The predicted molar refractivity (Wildman–Crippen MR) is 32.3 cm³/mol. The van der Waals surface area contributed by atoms with Gasteiger partial charge in [-0.3, -0.25) is 0 Å².